The normalized spacial score (nSPS) is 15.8. The zero-order chi connectivity index (χ0) is 27.0. The van der Waals surface area contributed by atoms with E-state index in [1.807, 2.05) is 25.1 Å². The number of ether oxygens (including phenoxy) is 2. The molecular formula is C30H28N4O4. The molecular weight excluding hydrogens is 480 g/mol. The minimum absolute atomic E-state index is 0.183. The number of hydrogen-bond donors (Lipinski definition) is 2. The molecule has 1 aliphatic heterocycles. The van der Waals surface area contributed by atoms with Gasteiger partial charge in [0.2, 0.25) is 0 Å². The van der Waals surface area contributed by atoms with Gasteiger partial charge in [-0.1, -0.05) is 24.0 Å². The van der Waals surface area contributed by atoms with Crippen LogP contribution >= 0.6 is 0 Å². The summed E-state index contributed by atoms with van der Waals surface area (Å²) in [6.07, 6.45) is 1.64. The van der Waals surface area contributed by atoms with E-state index in [4.69, 9.17) is 9.47 Å². The van der Waals surface area contributed by atoms with E-state index in [2.05, 4.69) is 33.5 Å². The smallest absolute Gasteiger partial charge is 0.251 e. The molecule has 2 aromatic carbocycles. The van der Waals surface area contributed by atoms with Gasteiger partial charge in [0.25, 0.3) is 11.8 Å². The Balaban J connectivity index is 1.41. The number of nitrogens with zero attached hydrogens (tertiary/aromatic N) is 2. The van der Waals surface area contributed by atoms with Crippen molar-refractivity contribution in [3.05, 3.63) is 99.9 Å². The summed E-state index contributed by atoms with van der Waals surface area (Å²) in [7, 11) is 1.58. The van der Waals surface area contributed by atoms with Crippen LogP contribution in [0.3, 0.4) is 0 Å². The molecule has 8 heteroatoms. The zero-order valence-corrected chi connectivity index (χ0v) is 21.3. The van der Waals surface area contributed by atoms with E-state index in [9.17, 15) is 14.9 Å². The fraction of sp³-hybridized carbons (Fsp3) is 0.267. The molecule has 2 N–H and O–H groups in total. The Kier molecular flexibility index (Phi) is 8.50. The predicted octanol–water partition coefficient (Wildman–Crippen LogP) is 3.10. The first-order chi connectivity index (χ1) is 18.4. The number of nitrogens with one attached hydrogen (secondary N) is 2. The van der Waals surface area contributed by atoms with Gasteiger partial charge in [-0.05, 0) is 60.5 Å². The lowest BCUT2D eigenvalue weighted by atomic mass is 9.79. The van der Waals surface area contributed by atoms with Crippen molar-refractivity contribution in [1.29, 1.82) is 5.26 Å². The van der Waals surface area contributed by atoms with Crippen LogP contribution in [0.5, 0.6) is 0 Å². The first-order valence-electron chi connectivity index (χ1n) is 12.2. The maximum Gasteiger partial charge on any atom is 0.251 e. The highest BCUT2D eigenvalue weighted by molar-refractivity contribution is 5.95. The van der Waals surface area contributed by atoms with Gasteiger partial charge in [-0.25, -0.2) is 0 Å². The second-order valence-corrected chi connectivity index (χ2v) is 9.11. The number of fused-ring (bicyclic) bond motifs is 1. The average Bonchev–Trinajstić information content (AvgIpc) is 2.95. The van der Waals surface area contributed by atoms with Crippen molar-refractivity contribution in [1.82, 2.24) is 15.6 Å². The summed E-state index contributed by atoms with van der Waals surface area (Å²) in [5.41, 5.74) is 4.06. The highest BCUT2D eigenvalue weighted by atomic mass is 16.5. The van der Waals surface area contributed by atoms with Crippen LogP contribution in [0, 0.1) is 23.2 Å². The predicted molar refractivity (Wildman–Crippen MR) is 141 cm³/mol. The quantitative estimate of drug-likeness (QED) is 0.375. The number of carbonyl (C=O) groups excluding carboxylic acids is 2. The van der Waals surface area contributed by atoms with Gasteiger partial charge in [0, 0.05) is 42.1 Å². The maximum atomic E-state index is 12.8. The van der Waals surface area contributed by atoms with Crippen molar-refractivity contribution in [2.24, 2.45) is 0 Å². The first-order valence-corrected chi connectivity index (χ1v) is 12.2. The van der Waals surface area contributed by atoms with E-state index in [1.165, 1.54) is 0 Å². The minimum atomic E-state index is -0.786. The lowest BCUT2D eigenvalue weighted by molar-refractivity contribution is 0.0757. The molecule has 1 aromatic heterocycles. The summed E-state index contributed by atoms with van der Waals surface area (Å²) in [5.74, 6) is 5.73. The summed E-state index contributed by atoms with van der Waals surface area (Å²) in [5, 5.41) is 15.3. The molecule has 3 aromatic rings. The number of rotatable bonds is 7. The number of nitriles is 1. The molecule has 1 aliphatic rings. The molecule has 2 heterocycles. The fourth-order valence-electron chi connectivity index (χ4n) is 4.07. The van der Waals surface area contributed by atoms with Crippen LogP contribution < -0.4 is 10.6 Å². The van der Waals surface area contributed by atoms with E-state index < -0.39 is 5.41 Å². The molecule has 8 nitrogen and oxygen atoms in total. The SMILES string of the molecule is COCCNC(=O)c1cccc(C#Cc2ccnc(CNC(=O)c3ccc4c(c3)[C@](C)(C#N)COC4)c2)c1. The molecule has 0 bridgehead atoms. The van der Waals surface area contributed by atoms with Crippen molar-refractivity contribution >= 4 is 11.8 Å². The van der Waals surface area contributed by atoms with E-state index in [0.717, 1.165) is 16.7 Å². The molecule has 1 atom stereocenters. The maximum absolute atomic E-state index is 12.8. The largest absolute Gasteiger partial charge is 0.383 e. The highest BCUT2D eigenvalue weighted by Crippen LogP contribution is 2.32. The summed E-state index contributed by atoms with van der Waals surface area (Å²) in [6, 6.07) is 18.3. The second kappa shape index (κ2) is 12.2. The first kappa shape index (κ1) is 26.6. The standard InChI is InChI=1S/C30H28N4O4/c1-30(19-31)20-38-18-25-9-8-24(16-27(25)30)29(36)34-17-26-15-22(10-11-32-26)7-6-21-4-3-5-23(14-21)28(35)33-12-13-37-2/h3-5,8-11,14-16H,12-13,17-18,20H2,1-2H3,(H,33,35)(H,34,36)/t30-/m1/s1. The van der Waals surface area contributed by atoms with Gasteiger partial charge in [0.15, 0.2) is 0 Å². The Morgan fingerprint density at radius 1 is 1.05 bits per heavy atom. The fourth-order valence-corrected chi connectivity index (χ4v) is 4.07. The molecule has 0 fully saturated rings. The van der Waals surface area contributed by atoms with Gasteiger partial charge in [-0.2, -0.15) is 5.26 Å². The molecule has 192 valence electrons. The number of pyridine rings is 1. The van der Waals surface area contributed by atoms with Gasteiger partial charge in [-0.15, -0.1) is 0 Å². The van der Waals surface area contributed by atoms with E-state index in [-0.39, 0.29) is 18.4 Å². The average molecular weight is 509 g/mol. The van der Waals surface area contributed by atoms with Gasteiger partial charge in [0.05, 0.1) is 38.1 Å². The highest BCUT2D eigenvalue weighted by Gasteiger charge is 2.33. The Bertz CT molecular complexity index is 1450. The third-order valence-corrected chi connectivity index (χ3v) is 6.18. The molecule has 4 rings (SSSR count). The molecule has 0 unspecified atom stereocenters. The van der Waals surface area contributed by atoms with E-state index in [0.29, 0.717) is 48.7 Å². The third-order valence-electron chi connectivity index (χ3n) is 6.18. The van der Waals surface area contributed by atoms with Crippen molar-refractivity contribution < 1.29 is 19.1 Å². The number of amides is 2. The monoisotopic (exact) mass is 508 g/mol. The van der Waals surface area contributed by atoms with Crippen LogP contribution in [0.1, 0.15) is 55.6 Å². The van der Waals surface area contributed by atoms with Crippen molar-refractivity contribution in [2.45, 2.75) is 25.5 Å². The number of hydrogen-bond acceptors (Lipinski definition) is 6. The Labute approximate surface area is 222 Å². The Morgan fingerprint density at radius 2 is 1.82 bits per heavy atom. The van der Waals surface area contributed by atoms with Crippen LogP contribution in [0.25, 0.3) is 0 Å². The summed E-state index contributed by atoms with van der Waals surface area (Å²) < 4.78 is 10.5. The third kappa shape index (κ3) is 6.43. The topological polar surface area (TPSA) is 113 Å². The van der Waals surface area contributed by atoms with Crippen molar-refractivity contribution in [3.63, 3.8) is 0 Å². The minimum Gasteiger partial charge on any atom is -0.383 e. The summed E-state index contributed by atoms with van der Waals surface area (Å²) >= 11 is 0. The van der Waals surface area contributed by atoms with Crippen molar-refractivity contribution in [3.8, 4) is 17.9 Å². The van der Waals surface area contributed by atoms with Crippen LogP contribution in [0.2, 0.25) is 0 Å². The van der Waals surface area contributed by atoms with Crippen LogP contribution in [0.15, 0.2) is 60.8 Å². The molecule has 0 aliphatic carbocycles. The Morgan fingerprint density at radius 3 is 2.61 bits per heavy atom. The lowest BCUT2D eigenvalue weighted by Gasteiger charge is -2.30. The molecule has 0 saturated carbocycles. The number of aromatic nitrogens is 1. The van der Waals surface area contributed by atoms with E-state index in [1.54, 1.807) is 49.7 Å². The molecule has 2 amide bonds. The van der Waals surface area contributed by atoms with Gasteiger partial charge in [0.1, 0.15) is 5.41 Å². The Hall–Kier alpha value is -4.50. The molecule has 0 spiro atoms. The van der Waals surface area contributed by atoms with Crippen LogP contribution in [-0.2, 0) is 28.0 Å². The van der Waals surface area contributed by atoms with Crippen molar-refractivity contribution in [2.75, 3.05) is 26.9 Å². The molecule has 0 saturated heterocycles. The second-order valence-electron chi connectivity index (χ2n) is 9.11. The summed E-state index contributed by atoms with van der Waals surface area (Å²) in [4.78, 5) is 29.4. The van der Waals surface area contributed by atoms with Gasteiger partial charge >= 0.3 is 0 Å². The zero-order valence-electron chi connectivity index (χ0n) is 21.3. The van der Waals surface area contributed by atoms with Gasteiger partial charge in [-0.3, -0.25) is 14.6 Å². The number of benzene rings is 2. The number of methoxy groups -OCH3 is 1. The molecule has 38 heavy (non-hydrogen) atoms. The van der Waals surface area contributed by atoms with Crippen LogP contribution in [0.4, 0.5) is 0 Å². The number of carbonyl (C=O) groups is 2. The van der Waals surface area contributed by atoms with Crippen LogP contribution in [-0.4, -0.2) is 43.7 Å². The van der Waals surface area contributed by atoms with Gasteiger partial charge < -0.3 is 20.1 Å². The molecule has 0 radical (unpaired) electrons. The lowest BCUT2D eigenvalue weighted by Crippen LogP contribution is -2.33. The van der Waals surface area contributed by atoms with E-state index >= 15 is 0 Å². The summed E-state index contributed by atoms with van der Waals surface area (Å²) in [6.45, 7) is 3.64.